The van der Waals surface area contributed by atoms with Crippen molar-refractivity contribution >= 4 is 13.7 Å². The molecule has 0 aliphatic heterocycles. The Morgan fingerprint density at radius 1 is 0.523 bits per heavy atom. The Morgan fingerprint density at radius 3 is 1.25 bits per heavy atom. The number of carbonyl (C=O) groups is 1. The zero-order chi connectivity index (χ0) is 47.8. The van der Waals surface area contributed by atoms with Gasteiger partial charge in [-0.2, -0.15) is 0 Å². The zero-order valence-electron chi connectivity index (χ0n) is 43.4. The minimum atomic E-state index is -4.61. The summed E-state index contributed by atoms with van der Waals surface area (Å²) in [5.41, 5.74) is 0. The van der Waals surface area contributed by atoms with Crippen LogP contribution >= 0.6 is 7.82 Å². The maximum atomic E-state index is 12.9. The van der Waals surface area contributed by atoms with Crippen LogP contribution in [0.3, 0.4) is 0 Å². The predicted molar refractivity (Wildman–Crippen MR) is 279 cm³/mol. The third kappa shape index (κ3) is 50.2. The van der Waals surface area contributed by atoms with E-state index in [0.29, 0.717) is 17.4 Å². The number of hydrogen-bond donors (Lipinski definition) is 2. The molecule has 0 saturated heterocycles. The monoisotopic (exact) mass is 935 g/mol. The molecule has 0 aromatic rings. The number of phosphoric ester groups is 1. The highest BCUT2D eigenvalue weighted by molar-refractivity contribution is 7.45. The molecule has 1 amide bonds. The largest absolute Gasteiger partial charge is 0.756 e. The maximum Gasteiger partial charge on any atom is 0.268 e. The Hall–Kier alpha value is -1.54. The second-order valence-electron chi connectivity index (χ2n) is 19.9. The molecular weight excluding hydrogens is 828 g/mol. The van der Waals surface area contributed by atoms with Crippen molar-refractivity contribution in [3.8, 4) is 0 Å². The van der Waals surface area contributed by atoms with Crippen LogP contribution < -0.4 is 10.2 Å². The number of aliphatic hydroxyl groups excluding tert-OH is 1. The fourth-order valence-corrected chi connectivity index (χ4v) is 8.61. The highest BCUT2D eigenvalue weighted by atomic mass is 31.2. The average molecular weight is 935 g/mol. The van der Waals surface area contributed by atoms with Crippen molar-refractivity contribution in [2.45, 2.75) is 264 Å². The Kier molecular flexibility index (Phi) is 46.4. The molecule has 0 fully saturated rings. The average Bonchev–Trinajstić information content (AvgIpc) is 3.26. The lowest BCUT2D eigenvalue weighted by molar-refractivity contribution is -0.870. The molecule has 0 heterocycles. The number of phosphoric acid groups is 1. The lowest BCUT2D eigenvalue weighted by atomic mass is 10.0. The molecule has 0 aromatic heterocycles. The van der Waals surface area contributed by atoms with Crippen molar-refractivity contribution in [1.29, 1.82) is 0 Å². The molecule has 3 unspecified atom stereocenters. The number of amides is 1. The highest BCUT2D eigenvalue weighted by Gasteiger charge is 2.23. The maximum absolute atomic E-state index is 12.9. The molecule has 382 valence electrons. The number of nitrogens with zero attached hydrogens (tertiary/aromatic N) is 1. The van der Waals surface area contributed by atoms with E-state index in [1.165, 1.54) is 186 Å². The highest BCUT2D eigenvalue weighted by Crippen LogP contribution is 2.38. The van der Waals surface area contributed by atoms with Gasteiger partial charge in [0, 0.05) is 6.42 Å². The first kappa shape index (κ1) is 63.5. The van der Waals surface area contributed by atoms with E-state index in [4.69, 9.17) is 9.05 Å². The summed E-state index contributed by atoms with van der Waals surface area (Å²) in [7, 11) is 1.24. The van der Waals surface area contributed by atoms with Crippen LogP contribution in [0.1, 0.15) is 251 Å². The minimum absolute atomic E-state index is 0.00981. The summed E-state index contributed by atoms with van der Waals surface area (Å²) in [4.78, 5) is 25.4. The number of aliphatic hydroxyl groups is 1. The van der Waals surface area contributed by atoms with Crippen molar-refractivity contribution < 1.29 is 32.9 Å². The van der Waals surface area contributed by atoms with E-state index in [1.54, 1.807) is 6.08 Å². The summed E-state index contributed by atoms with van der Waals surface area (Å²) in [6.45, 7) is 4.64. The molecule has 2 N–H and O–H groups in total. The molecule has 9 heteroatoms. The van der Waals surface area contributed by atoms with Gasteiger partial charge in [-0.1, -0.05) is 223 Å². The number of quaternary nitrogens is 1. The second-order valence-corrected chi connectivity index (χ2v) is 21.3. The minimum Gasteiger partial charge on any atom is -0.756 e. The van der Waals surface area contributed by atoms with Gasteiger partial charge in [-0.15, -0.1) is 0 Å². The number of allylic oxidation sites excluding steroid dienone is 7. The molecule has 0 aliphatic carbocycles. The molecule has 0 bridgehead atoms. The normalized spacial score (nSPS) is 14.4. The molecule has 0 spiro atoms. The summed E-state index contributed by atoms with van der Waals surface area (Å²) in [6.07, 6.45) is 61.8. The smallest absolute Gasteiger partial charge is 0.268 e. The number of likely N-dealkylation sites (N-methyl/N-ethyl adjacent to an activating group) is 1. The molecule has 8 nitrogen and oxygen atoms in total. The molecule has 0 aliphatic rings. The van der Waals surface area contributed by atoms with E-state index < -0.39 is 26.6 Å². The van der Waals surface area contributed by atoms with E-state index in [9.17, 15) is 19.4 Å². The number of rotatable bonds is 50. The quantitative estimate of drug-likeness (QED) is 0.0272. The summed E-state index contributed by atoms with van der Waals surface area (Å²) in [5.74, 6) is -0.212. The van der Waals surface area contributed by atoms with Gasteiger partial charge in [0.15, 0.2) is 0 Å². The summed E-state index contributed by atoms with van der Waals surface area (Å²) in [6, 6.07) is -0.911. The van der Waals surface area contributed by atoms with E-state index in [0.717, 1.165) is 44.9 Å². The molecule has 0 radical (unpaired) electrons. The van der Waals surface area contributed by atoms with E-state index >= 15 is 0 Å². The zero-order valence-corrected chi connectivity index (χ0v) is 44.3. The molecular formula is C56H107N2O6P. The van der Waals surface area contributed by atoms with Crippen molar-refractivity contribution in [1.82, 2.24) is 5.32 Å². The first-order valence-electron chi connectivity index (χ1n) is 27.5. The first-order valence-corrected chi connectivity index (χ1v) is 29.0. The van der Waals surface area contributed by atoms with Crippen LogP contribution in [0.4, 0.5) is 0 Å². The molecule has 65 heavy (non-hydrogen) atoms. The van der Waals surface area contributed by atoms with Crippen molar-refractivity contribution in [3.63, 3.8) is 0 Å². The van der Waals surface area contributed by atoms with E-state index in [1.807, 2.05) is 27.2 Å². The molecule has 3 atom stereocenters. The summed E-state index contributed by atoms with van der Waals surface area (Å²) in [5, 5.41) is 13.8. The van der Waals surface area contributed by atoms with Gasteiger partial charge in [0.2, 0.25) is 5.91 Å². The lowest BCUT2D eigenvalue weighted by Crippen LogP contribution is -2.45. The number of carbonyl (C=O) groups excluding carboxylic acids is 1. The van der Waals surface area contributed by atoms with E-state index in [2.05, 4.69) is 55.6 Å². The van der Waals surface area contributed by atoms with Crippen LogP contribution in [-0.4, -0.2) is 68.5 Å². The van der Waals surface area contributed by atoms with Crippen molar-refractivity contribution in [2.24, 2.45) is 0 Å². The SMILES string of the molecule is CCCCCCCCCC/C=C\CCCCCCCCCCCC(=O)NC(COP(=O)([O-])OCC[N+](C)(C)C)C(O)/C=C/CC/C=C/CC/C=C/CCCCCCCCCCCCCC. The van der Waals surface area contributed by atoms with Crippen LogP contribution in [0.15, 0.2) is 48.6 Å². The van der Waals surface area contributed by atoms with Crippen molar-refractivity contribution in [2.75, 3.05) is 40.9 Å². The van der Waals surface area contributed by atoms with Crippen LogP contribution in [0.5, 0.6) is 0 Å². The van der Waals surface area contributed by atoms with Crippen LogP contribution in [0.2, 0.25) is 0 Å². The number of unbranched alkanes of at least 4 members (excludes halogenated alkanes) is 31. The Labute approximate surface area is 403 Å². The molecule has 0 rings (SSSR count). The topological polar surface area (TPSA) is 108 Å². The summed E-state index contributed by atoms with van der Waals surface area (Å²) < 4.78 is 23.3. The van der Waals surface area contributed by atoms with Gasteiger partial charge in [0.25, 0.3) is 7.82 Å². The third-order valence-electron chi connectivity index (χ3n) is 12.2. The first-order chi connectivity index (χ1) is 31.5. The molecule has 0 aromatic carbocycles. The van der Waals surface area contributed by atoms with E-state index in [-0.39, 0.29) is 12.5 Å². The van der Waals surface area contributed by atoms with Crippen LogP contribution in [0, 0.1) is 0 Å². The second kappa shape index (κ2) is 47.5. The van der Waals surface area contributed by atoms with Gasteiger partial charge in [0.1, 0.15) is 13.2 Å². The van der Waals surface area contributed by atoms with Gasteiger partial charge < -0.3 is 28.8 Å². The lowest BCUT2D eigenvalue weighted by Gasteiger charge is -2.29. The van der Waals surface area contributed by atoms with Gasteiger partial charge in [0.05, 0.1) is 39.9 Å². The number of nitrogens with one attached hydrogen (secondary N) is 1. The third-order valence-corrected chi connectivity index (χ3v) is 13.2. The predicted octanol–water partition coefficient (Wildman–Crippen LogP) is 15.7. The van der Waals surface area contributed by atoms with Gasteiger partial charge in [-0.3, -0.25) is 9.36 Å². The Balaban J connectivity index is 4.34. The fourth-order valence-electron chi connectivity index (χ4n) is 7.89. The van der Waals surface area contributed by atoms with Gasteiger partial charge in [-0.05, 0) is 70.6 Å². The van der Waals surface area contributed by atoms with Crippen molar-refractivity contribution in [3.05, 3.63) is 48.6 Å². The van der Waals surface area contributed by atoms with Gasteiger partial charge >= 0.3 is 0 Å². The number of hydrogen-bond acceptors (Lipinski definition) is 6. The van der Waals surface area contributed by atoms with Crippen LogP contribution in [0.25, 0.3) is 0 Å². The van der Waals surface area contributed by atoms with Crippen LogP contribution in [-0.2, 0) is 18.4 Å². The fraction of sp³-hybridized carbons (Fsp3) is 0.839. The summed E-state index contributed by atoms with van der Waals surface area (Å²) >= 11 is 0. The Morgan fingerprint density at radius 2 is 0.862 bits per heavy atom. The Bertz CT molecular complexity index is 1200. The van der Waals surface area contributed by atoms with Gasteiger partial charge in [-0.25, -0.2) is 0 Å². The molecule has 0 saturated carbocycles. The standard InChI is InChI=1S/C56H107N2O6P/c1-6-8-10-12-14-16-18-20-22-24-26-28-30-31-33-35-37-39-41-43-45-47-49-55(59)54(53-64-65(61,62)63-52-51-58(3,4)5)57-56(60)50-48-46-44-42-40-38-36-34-32-29-27-25-23-21-19-17-15-13-11-9-7-2/h25,27,31,33,39,41,47,49,54-55,59H,6-24,26,28-30,32,34-38,40,42-46,48,50-53H2,1-5H3,(H-,57,60,61,62)/b27-25-,33-31+,41-39+,49-47+.